The number of hydrogen-bond acceptors (Lipinski definition) is 3. The Morgan fingerprint density at radius 3 is 3.00 bits per heavy atom. The van der Waals surface area contributed by atoms with E-state index < -0.39 is 0 Å². The Balaban J connectivity index is 2.02. The first-order valence-electron chi connectivity index (χ1n) is 4.80. The van der Waals surface area contributed by atoms with Crippen molar-refractivity contribution >= 4 is 11.9 Å². The van der Waals surface area contributed by atoms with Crippen LogP contribution < -0.4 is 11.6 Å². The zero-order chi connectivity index (χ0) is 10.1. The van der Waals surface area contributed by atoms with Gasteiger partial charge in [0.2, 0.25) is 11.9 Å². The van der Waals surface area contributed by atoms with E-state index in [4.69, 9.17) is 11.6 Å². The van der Waals surface area contributed by atoms with Crippen molar-refractivity contribution in [2.45, 2.75) is 18.9 Å². The van der Waals surface area contributed by atoms with Crippen molar-refractivity contribution in [3.05, 3.63) is 0 Å². The lowest BCUT2D eigenvalue weighted by atomic mass is 10.2. The first kappa shape index (κ1) is 9.11. The summed E-state index contributed by atoms with van der Waals surface area (Å²) in [4.78, 5) is 15.2. The van der Waals surface area contributed by atoms with Gasteiger partial charge in [0.25, 0.3) is 0 Å². The van der Waals surface area contributed by atoms with Crippen LogP contribution in [0.2, 0.25) is 0 Å². The molecule has 78 valence electrons. The third-order valence-electron chi connectivity index (χ3n) is 2.95. The molecule has 6 heteroatoms. The average Bonchev–Trinajstić information content (AvgIpc) is 2.59. The maximum Gasteiger partial charge on any atom is 0.223 e. The normalized spacial score (nSPS) is 28.1. The van der Waals surface area contributed by atoms with Crippen LogP contribution in [0, 0.1) is 0 Å². The Hall–Kier alpha value is -1.46. The number of amides is 1. The molecule has 1 unspecified atom stereocenters. The Morgan fingerprint density at radius 2 is 2.29 bits per heavy atom. The number of nitrogens with zero attached hydrogens (tertiary/aromatic N) is 3. The van der Waals surface area contributed by atoms with E-state index in [-0.39, 0.29) is 5.91 Å². The summed E-state index contributed by atoms with van der Waals surface area (Å²) in [6, 6.07) is 0.302. The van der Waals surface area contributed by atoms with Crippen molar-refractivity contribution in [2.24, 2.45) is 16.7 Å². The highest BCUT2D eigenvalue weighted by Gasteiger charge is 2.35. The van der Waals surface area contributed by atoms with Crippen LogP contribution in [0.5, 0.6) is 0 Å². The molecular weight excluding hydrogens is 182 g/mol. The molecule has 0 saturated carbocycles. The van der Waals surface area contributed by atoms with Crippen LogP contribution in [0.4, 0.5) is 0 Å². The minimum atomic E-state index is 0.262. The van der Waals surface area contributed by atoms with Crippen molar-refractivity contribution in [3.63, 3.8) is 0 Å². The van der Waals surface area contributed by atoms with Crippen LogP contribution in [0.25, 0.3) is 0 Å². The van der Waals surface area contributed by atoms with Gasteiger partial charge >= 0.3 is 0 Å². The standard InChI is InChI=1S/C8H15N5O/c9-8(11-10)12-3-4-13-6(5-12)1-2-7(13)14/h6H,1-5,10H2,(H2,9,11). The second-order valence-corrected chi connectivity index (χ2v) is 3.71. The molecule has 2 aliphatic rings. The Morgan fingerprint density at radius 1 is 1.50 bits per heavy atom. The monoisotopic (exact) mass is 197 g/mol. The minimum Gasteiger partial charge on any atom is -0.368 e. The number of piperazine rings is 1. The summed E-state index contributed by atoms with van der Waals surface area (Å²) in [5.74, 6) is 5.73. The molecule has 1 atom stereocenters. The van der Waals surface area contributed by atoms with Crippen molar-refractivity contribution in [3.8, 4) is 0 Å². The molecule has 2 rings (SSSR count). The van der Waals surface area contributed by atoms with Crippen LogP contribution in [-0.2, 0) is 4.79 Å². The molecule has 2 fully saturated rings. The van der Waals surface area contributed by atoms with Gasteiger partial charge in [-0.3, -0.25) is 4.79 Å². The molecule has 4 N–H and O–H groups in total. The Labute approximate surface area is 82.5 Å². The van der Waals surface area contributed by atoms with Gasteiger partial charge < -0.3 is 21.4 Å². The molecule has 0 bridgehead atoms. The van der Waals surface area contributed by atoms with Crippen LogP contribution in [0.15, 0.2) is 5.10 Å². The van der Waals surface area contributed by atoms with Gasteiger partial charge in [-0.25, -0.2) is 0 Å². The lowest BCUT2D eigenvalue weighted by Gasteiger charge is -2.37. The highest BCUT2D eigenvalue weighted by Crippen LogP contribution is 2.22. The highest BCUT2D eigenvalue weighted by molar-refractivity contribution is 5.81. The van der Waals surface area contributed by atoms with Gasteiger partial charge in [0.15, 0.2) is 0 Å². The minimum absolute atomic E-state index is 0.262. The number of hydrazone groups is 1. The van der Waals surface area contributed by atoms with Gasteiger partial charge in [0.05, 0.1) is 0 Å². The van der Waals surface area contributed by atoms with Crippen LogP contribution >= 0.6 is 0 Å². The van der Waals surface area contributed by atoms with E-state index in [2.05, 4.69) is 5.10 Å². The first-order valence-corrected chi connectivity index (χ1v) is 4.80. The number of fused-ring (bicyclic) bond motifs is 1. The van der Waals surface area contributed by atoms with Gasteiger partial charge in [-0.15, -0.1) is 5.10 Å². The molecule has 0 spiro atoms. The Kier molecular flexibility index (Phi) is 2.18. The molecule has 0 aromatic rings. The van der Waals surface area contributed by atoms with Crippen LogP contribution in [0.3, 0.4) is 0 Å². The number of carbonyl (C=O) groups is 1. The van der Waals surface area contributed by atoms with E-state index in [9.17, 15) is 4.79 Å². The third-order valence-corrected chi connectivity index (χ3v) is 2.95. The van der Waals surface area contributed by atoms with E-state index in [1.165, 1.54) is 0 Å². The zero-order valence-electron chi connectivity index (χ0n) is 8.02. The molecule has 1 amide bonds. The largest absolute Gasteiger partial charge is 0.368 e. The molecule has 0 aromatic carbocycles. The number of hydrogen-bond donors (Lipinski definition) is 2. The number of rotatable bonds is 0. The van der Waals surface area contributed by atoms with Gasteiger partial charge in [-0.2, -0.15) is 0 Å². The van der Waals surface area contributed by atoms with Crippen molar-refractivity contribution in [1.29, 1.82) is 0 Å². The van der Waals surface area contributed by atoms with Gasteiger partial charge in [-0.1, -0.05) is 0 Å². The summed E-state index contributed by atoms with van der Waals surface area (Å²) in [6.07, 6.45) is 1.59. The quantitative estimate of drug-likeness (QED) is 0.214. The van der Waals surface area contributed by atoms with Crippen molar-refractivity contribution in [1.82, 2.24) is 9.80 Å². The van der Waals surface area contributed by atoms with Crippen molar-refractivity contribution < 1.29 is 4.79 Å². The lowest BCUT2D eigenvalue weighted by Crippen LogP contribution is -2.55. The first-order chi connectivity index (χ1) is 6.72. The summed E-state index contributed by atoms with van der Waals surface area (Å²) in [7, 11) is 0. The summed E-state index contributed by atoms with van der Waals surface area (Å²) >= 11 is 0. The van der Waals surface area contributed by atoms with E-state index in [1.54, 1.807) is 0 Å². The van der Waals surface area contributed by atoms with Crippen LogP contribution in [0.1, 0.15) is 12.8 Å². The van der Waals surface area contributed by atoms with E-state index in [0.29, 0.717) is 18.4 Å². The fourth-order valence-electron chi connectivity index (χ4n) is 2.15. The molecule has 6 nitrogen and oxygen atoms in total. The predicted molar refractivity (Wildman–Crippen MR) is 52.1 cm³/mol. The number of guanidine groups is 1. The van der Waals surface area contributed by atoms with Crippen LogP contribution in [-0.4, -0.2) is 47.3 Å². The molecule has 2 heterocycles. The van der Waals surface area contributed by atoms with Gasteiger partial charge in [0.1, 0.15) is 0 Å². The van der Waals surface area contributed by atoms with E-state index >= 15 is 0 Å². The highest BCUT2D eigenvalue weighted by atomic mass is 16.2. The molecule has 0 aliphatic carbocycles. The molecule has 2 aliphatic heterocycles. The topological polar surface area (TPSA) is 87.9 Å². The Bertz CT molecular complexity index is 277. The summed E-state index contributed by atoms with van der Waals surface area (Å²) < 4.78 is 0. The average molecular weight is 197 g/mol. The van der Waals surface area contributed by atoms with E-state index in [1.807, 2.05) is 9.80 Å². The van der Waals surface area contributed by atoms with Gasteiger partial charge in [0, 0.05) is 32.1 Å². The third kappa shape index (κ3) is 1.36. The predicted octanol–water partition coefficient (Wildman–Crippen LogP) is -1.52. The number of nitrogens with two attached hydrogens (primary N) is 2. The number of carbonyl (C=O) groups excluding carboxylic acids is 1. The SMILES string of the molecule is N/N=C(\N)N1CCN2C(=O)CCC2C1. The molecule has 0 radical (unpaired) electrons. The maximum absolute atomic E-state index is 11.4. The fraction of sp³-hybridized carbons (Fsp3) is 0.750. The molecule has 2 saturated heterocycles. The lowest BCUT2D eigenvalue weighted by molar-refractivity contribution is -0.130. The summed E-state index contributed by atoms with van der Waals surface area (Å²) in [6.45, 7) is 2.23. The molecule has 0 aromatic heterocycles. The second kappa shape index (κ2) is 3.36. The molecular formula is C8H15N5O. The maximum atomic E-state index is 11.4. The molecule has 14 heavy (non-hydrogen) atoms. The summed E-state index contributed by atoms with van der Waals surface area (Å²) in [5.41, 5.74) is 5.61. The summed E-state index contributed by atoms with van der Waals surface area (Å²) in [5, 5.41) is 3.46. The zero-order valence-corrected chi connectivity index (χ0v) is 8.02. The van der Waals surface area contributed by atoms with Crippen molar-refractivity contribution in [2.75, 3.05) is 19.6 Å². The van der Waals surface area contributed by atoms with E-state index in [0.717, 1.165) is 26.1 Å². The smallest absolute Gasteiger partial charge is 0.223 e. The van der Waals surface area contributed by atoms with Gasteiger partial charge in [-0.05, 0) is 6.42 Å². The fourth-order valence-corrected chi connectivity index (χ4v) is 2.15. The second-order valence-electron chi connectivity index (χ2n) is 3.71.